The number of aliphatic imine (C=N–C) groups is 1. The van der Waals surface area contributed by atoms with Crippen LogP contribution >= 0.6 is 11.3 Å². The molecule has 1 amide bonds. The average molecular weight is 440 g/mol. The van der Waals surface area contributed by atoms with Gasteiger partial charge < -0.3 is 14.9 Å². The summed E-state index contributed by atoms with van der Waals surface area (Å²) in [5.74, 6) is 0.0405. The number of fused-ring (bicyclic) bond motifs is 1. The van der Waals surface area contributed by atoms with Crippen molar-refractivity contribution in [1.82, 2.24) is 15.8 Å². The van der Waals surface area contributed by atoms with Gasteiger partial charge in [0.2, 0.25) is 0 Å². The lowest BCUT2D eigenvalue weighted by molar-refractivity contribution is -0.147. The third-order valence-electron chi connectivity index (χ3n) is 4.98. The van der Waals surface area contributed by atoms with Gasteiger partial charge in [0.1, 0.15) is 31.3 Å². The van der Waals surface area contributed by atoms with E-state index in [4.69, 9.17) is 17.3 Å². The highest BCUT2D eigenvalue weighted by atomic mass is 32.1. The average Bonchev–Trinajstić information content (AvgIpc) is 3.02. The molecule has 0 fully saturated rings. The molecule has 1 unspecified atom stereocenters. The number of hydrogen-bond donors (Lipinski definition) is 2. The molecule has 162 valence electrons. The fourth-order valence-electron chi connectivity index (χ4n) is 3.28. The molecule has 0 spiro atoms. The Hall–Kier alpha value is -2.85. The normalized spacial score (nSPS) is 19.0. The van der Waals surface area contributed by atoms with Gasteiger partial charge >= 0.3 is 12.1 Å². The number of nitrogens with one attached hydrogen (secondary N) is 2. The van der Waals surface area contributed by atoms with Crippen LogP contribution in [-0.4, -0.2) is 49.8 Å². The van der Waals surface area contributed by atoms with Gasteiger partial charge in [-0.1, -0.05) is 35.8 Å². The first-order chi connectivity index (χ1) is 14.8. The van der Waals surface area contributed by atoms with Crippen molar-refractivity contribution in [2.24, 2.45) is 4.99 Å². The molecule has 1 aromatic heterocycles. The largest absolute Gasteiger partial charge is 0.467 e. The van der Waals surface area contributed by atoms with E-state index in [1.807, 2.05) is 37.3 Å². The zero-order valence-electron chi connectivity index (χ0n) is 18.0. The fourth-order valence-corrected chi connectivity index (χ4v) is 4.28. The number of amides is 1. The van der Waals surface area contributed by atoms with Crippen molar-refractivity contribution in [3.05, 3.63) is 46.3 Å². The van der Waals surface area contributed by atoms with E-state index < -0.39 is 24.1 Å². The summed E-state index contributed by atoms with van der Waals surface area (Å²) in [4.78, 5) is 32.7. The Bertz CT molecular complexity index is 979. The molecule has 31 heavy (non-hydrogen) atoms. The van der Waals surface area contributed by atoms with Gasteiger partial charge in [-0.2, -0.15) is 0 Å². The number of hydrazine groups is 1. The smallest absolute Gasteiger partial charge is 0.411 e. The Labute approximate surface area is 187 Å². The third kappa shape index (κ3) is 5.26. The van der Waals surface area contributed by atoms with Crippen molar-refractivity contribution in [1.29, 1.82) is 0 Å². The minimum Gasteiger partial charge on any atom is -0.467 e. The Balaban J connectivity index is 1.99. The molecule has 1 aliphatic rings. The van der Waals surface area contributed by atoms with Crippen LogP contribution in [0, 0.1) is 6.92 Å². The SMILES string of the molecule is [B]c1c(C)sc2c1CN(C(=O)OCc1ccccc1)[C@@H](C(=O)OC)C(C)NNC(C)=N2. The number of ether oxygens (including phenoxy) is 2. The monoisotopic (exact) mass is 440 g/mol. The standard InChI is InChI=1S/C21H25BN4O4S/c1-12-18(20(27)29-4)26(21(28)30-11-15-8-6-5-7-9-15)10-16-17(22)13(2)31-19(16)23-14(3)25-24-12/h5-9,12,18,24H,10-11H2,1-4H3,(H,23,25)/t12?,18-/m1/s1. The van der Waals surface area contributed by atoms with Crippen LogP contribution in [0.2, 0.25) is 0 Å². The quantitative estimate of drug-likeness (QED) is 0.561. The van der Waals surface area contributed by atoms with Gasteiger partial charge in [0.15, 0.2) is 0 Å². The summed E-state index contributed by atoms with van der Waals surface area (Å²) in [5.41, 5.74) is 8.05. The lowest BCUT2D eigenvalue weighted by atomic mass is 9.91. The number of methoxy groups -OCH3 is 1. The molecule has 0 saturated heterocycles. The van der Waals surface area contributed by atoms with Crippen LogP contribution in [-0.2, 0) is 27.4 Å². The second-order valence-corrected chi connectivity index (χ2v) is 8.45. The summed E-state index contributed by atoms with van der Waals surface area (Å²) >= 11 is 1.42. The summed E-state index contributed by atoms with van der Waals surface area (Å²) in [7, 11) is 7.59. The molecule has 0 saturated carbocycles. The Kier molecular flexibility index (Phi) is 7.35. The van der Waals surface area contributed by atoms with Crippen LogP contribution in [0.25, 0.3) is 0 Å². The molecule has 0 bridgehead atoms. The van der Waals surface area contributed by atoms with Crippen LogP contribution in [0.4, 0.5) is 9.80 Å². The maximum absolute atomic E-state index is 13.2. The van der Waals surface area contributed by atoms with E-state index in [0.717, 1.165) is 10.4 Å². The van der Waals surface area contributed by atoms with Crippen molar-refractivity contribution >= 4 is 47.5 Å². The van der Waals surface area contributed by atoms with Crippen LogP contribution in [0.3, 0.4) is 0 Å². The van der Waals surface area contributed by atoms with Gasteiger partial charge in [0, 0.05) is 5.56 Å². The van der Waals surface area contributed by atoms with Crippen molar-refractivity contribution in [2.45, 2.75) is 46.0 Å². The number of nitrogens with zero attached hydrogens (tertiary/aromatic N) is 2. The first-order valence-electron chi connectivity index (χ1n) is 9.81. The highest BCUT2D eigenvalue weighted by molar-refractivity contribution is 7.17. The van der Waals surface area contributed by atoms with Crippen LogP contribution in [0.5, 0.6) is 0 Å². The molecular weight excluding hydrogens is 415 g/mol. The lowest BCUT2D eigenvalue weighted by Gasteiger charge is -2.34. The van der Waals surface area contributed by atoms with Crippen molar-refractivity contribution in [3.63, 3.8) is 0 Å². The van der Waals surface area contributed by atoms with Crippen LogP contribution in [0.15, 0.2) is 35.3 Å². The Morgan fingerprint density at radius 3 is 2.68 bits per heavy atom. The van der Waals surface area contributed by atoms with Crippen molar-refractivity contribution in [3.8, 4) is 0 Å². The van der Waals surface area contributed by atoms with E-state index in [1.165, 1.54) is 23.3 Å². The summed E-state index contributed by atoms with van der Waals surface area (Å²) in [5, 5.41) is 0.667. The second kappa shape index (κ2) is 9.97. The molecular formula is C21H25BN4O4S. The minimum absolute atomic E-state index is 0.0572. The topological polar surface area (TPSA) is 92.3 Å². The maximum Gasteiger partial charge on any atom is 0.411 e. The van der Waals surface area contributed by atoms with E-state index in [1.54, 1.807) is 13.8 Å². The van der Waals surface area contributed by atoms with Gasteiger partial charge in [-0.15, -0.1) is 11.3 Å². The number of carbonyl (C=O) groups is 2. The third-order valence-corrected chi connectivity index (χ3v) is 6.04. The summed E-state index contributed by atoms with van der Waals surface area (Å²) < 4.78 is 10.6. The molecule has 1 aromatic carbocycles. The summed E-state index contributed by atoms with van der Waals surface area (Å²) in [6.45, 7) is 5.59. The van der Waals surface area contributed by atoms with Crippen molar-refractivity contribution < 1.29 is 19.1 Å². The number of aryl methyl sites for hydroxylation is 1. The first-order valence-corrected chi connectivity index (χ1v) is 10.6. The van der Waals surface area contributed by atoms with Crippen LogP contribution < -0.4 is 16.3 Å². The predicted octanol–water partition coefficient (Wildman–Crippen LogP) is 2.08. The zero-order chi connectivity index (χ0) is 22.5. The Morgan fingerprint density at radius 1 is 1.29 bits per heavy atom. The second-order valence-electron chi connectivity index (χ2n) is 7.25. The van der Waals surface area contributed by atoms with E-state index in [9.17, 15) is 9.59 Å². The maximum atomic E-state index is 13.2. The highest BCUT2D eigenvalue weighted by Gasteiger charge is 2.38. The van der Waals surface area contributed by atoms with E-state index in [2.05, 4.69) is 15.8 Å². The van der Waals surface area contributed by atoms with Gasteiger partial charge in [-0.05, 0) is 31.2 Å². The molecule has 0 aliphatic carbocycles. The number of thiophene rings is 1. The number of carbonyl (C=O) groups excluding carboxylic acids is 2. The summed E-state index contributed by atoms with van der Waals surface area (Å²) in [6, 6.07) is 7.86. The van der Waals surface area contributed by atoms with E-state index >= 15 is 0 Å². The highest BCUT2D eigenvalue weighted by Crippen LogP contribution is 2.31. The van der Waals surface area contributed by atoms with Crippen molar-refractivity contribution in [2.75, 3.05) is 7.11 Å². The molecule has 1 aliphatic heterocycles. The molecule has 2 heterocycles. The molecule has 2 aromatic rings. The minimum atomic E-state index is -0.959. The summed E-state index contributed by atoms with van der Waals surface area (Å²) in [6.07, 6.45) is -0.650. The molecule has 2 N–H and O–H groups in total. The predicted molar refractivity (Wildman–Crippen MR) is 121 cm³/mol. The van der Waals surface area contributed by atoms with E-state index in [-0.39, 0.29) is 13.2 Å². The first kappa shape index (κ1) is 22.8. The molecule has 2 radical (unpaired) electrons. The number of amidine groups is 1. The number of hydrogen-bond acceptors (Lipinski definition) is 8. The number of esters is 1. The number of rotatable bonds is 3. The Morgan fingerprint density at radius 2 is 2.00 bits per heavy atom. The molecule has 8 nitrogen and oxygen atoms in total. The van der Waals surface area contributed by atoms with Crippen LogP contribution in [0.1, 0.15) is 29.9 Å². The molecule has 3 rings (SSSR count). The number of benzene rings is 1. The van der Waals surface area contributed by atoms with Gasteiger partial charge in [0.05, 0.1) is 19.7 Å². The van der Waals surface area contributed by atoms with E-state index in [0.29, 0.717) is 21.9 Å². The molecule has 10 heteroatoms. The molecule has 2 atom stereocenters. The lowest BCUT2D eigenvalue weighted by Crippen LogP contribution is -2.59. The fraction of sp³-hybridized carbons (Fsp3) is 0.381. The van der Waals surface area contributed by atoms with Gasteiger partial charge in [0.25, 0.3) is 0 Å². The van der Waals surface area contributed by atoms with Gasteiger partial charge in [-0.25, -0.2) is 20.0 Å². The zero-order valence-corrected chi connectivity index (χ0v) is 18.8. The van der Waals surface area contributed by atoms with Gasteiger partial charge in [-0.3, -0.25) is 4.90 Å².